The zero-order valence-corrected chi connectivity index (χ0v) is 18.1. The monoisotopic (exact) mass is 463 g/mol. The van der Waals surface area contributed by atoms with Gasteiger partial charge in [-0.3, -0.25) is 14.9 Å². The molecule has 2 heterocycles. The van der Waals surface area contributed by atoms with Crippen molar-refractivity contribution in [2.75, 3.05) is 11.9 Å². The van der Waals surface area contributed by atoms with Crippen molar-refractivity contribution in [2.24, 2.45) is 0 Å². The lowest BCUT2D eigenvalue weighted by Gasteiger charge is -2.06. The molecule has 0 bridgehead atoms. The number of benzene rings is 2. The van der Waals surface area contributed by atoms with Crippen LogP contribution in [0.3, 0.4) is 0 Å². The number of nitro benzene ring substituents is 1. The summed E-state index contributed by atoms with van der Waals surface area (Å²) in [5.41, 5.74) is 1.28. The number of thiophene rings is 1. The van der Waals surface area contributed by atoms with Crippen molar-refractivity contribution in [3.63, 3.8) is 0 Å². The number of hydrogen-bond acceptors (Lipinski definition) is 8. The van der Waals surface area contributed by atoms with Crippen LogP contribution in [0.1, 0.15) is 16.2 Å². The molecule has 2 aromatic carbocycles. The highest BCUT2D eigenvalue weighted by Gasteiger charge is 2.21. The lowest BCUT2D eigenvalue weighted by molar-refractivity contribution is -0.385. The predicted molar refractivity (Wildman–Crippen MR) is 121 cm³/mol. The molecule has 0 atom stereocenters. The Morgan fingerprint density at radius 1 is 1.15 bits per heavy atom. The van der Waals surface area contributed by atoms with E-state index in [2.05, 4.69) is 15.4 Å². The third kappa shape index (κ3) is 4.93. The Hall–Kier alpha value is -4.38. The number of esters is 1. The number of hydrogen-bond donors (Lipinski definition) is 1. The average molecular weight is 463 g/mol. The van der Waals surface area contributed by atoms with Gasteiger partial charge in [0.15, 0.2) is 12.4 Å². The second-order valence-electron chi connectivity index (χ2n) is 6.87. The van der Waals surface area contributed by atoms with Crippen LogP contribution in [0.2, 0.25) is 0 Å². The number of para-hydroxylation sites is 1. The summed E-state index contributed by atoms with van der Waals surface area (Å²) < 4.78 is 6.60. The summed E-state index contributed by atoms with van der Waals surface area (Å²) in [4.78, 5) is 40.4. The van der Waals surface area contributed by atoms with Crippen molar-refractivity contribution in [1.82, 2.24) is 14.8 Å². The van der Waals surface area contributed by atoms with Crippen LogP contribution in [0.5, 0.6) is 0 Å². The van der Waals surface area contributed by atoms with E-state index >= 15 is 0 Å². The molecular formula is C22H17N5O5S. The Bertz CT molecular complexity index is 1320. The first-order chi connectivity index (χ1) is 15.9. The number of amides is 1. The van der Waals surface area contributed by atoms with E-state index in [4.69, 9.17) is 4.74 Å². The van der Waals surface area contributed by atoms with Gasteiger partial charge in [-0.25, -0.2) is 9.48 Å². The van der Waals surface area contributed by atoms with E-state index in [1.165, 1.54) is 34.2 Å². The van der Waals surface area contributed by atoms with Gasteiger partial charge in [0.05, 0.1) is 15.5 Å². The number of aromatic nitrogens is 3. The Morgan fingerprint density at radius 2 is 1.94 bits per heavy atom. The van der Waals surface area contributed by atoms with Crippen LogP contribution in [0.15, 0.2) is 66.0 Å². The van der Waals surface area contributed by atoms with E-state index in [0.717, 1.165) is 4.88 Å². The molecule has 33 heavy (non-hydrogen) atoms. The molecule has 166 valence electrons. The number of carbonyl (C=O) groups excluding carboxylic acids is 2. The number of nitrogens with zero attached hydrogens (tertiary/aromatic N) is 4. The quantitative estimate of drug-likeness (QED) is 0.249. The zero-order chi connectivity index (χ0) is 23.4. The van der Waals surface area contributed by atoms with Gasteiger partial charge in [-0.05, 0) is 36.6 Å². The number of rotatable bonds is 7. The van der Waals surface area contributed by atoms with Crippen molar-refractivity contribution in [3.05, 3.63) is 87.5 Å². The summed E-state index contributed by atoms with van der Waals surface area (Å²) in [5, 5.41) is 19.7. The number of aryl methyl sites for hydroxylation is 1. The average Bonchev–Trinajstić information content (AvgIpc) is 3.49. The molecule has 0 aliphatic heterocycles. The van der Waals surface area contributed by atoms with Crippen molar-refractivity contribution < 1.29 is 19.2 Å². The van der Waals surface area contributed by atoms with Crippen LogP contribution in [0, 0.1) is 17.0 Å². The van der Waals surface area contributed by atoms with Crippen LogP contribution in [0.25, 0.3) is 16.4 Å². The maximum absolute atomic E-state index is 12.5. The Balaban J connectivity index is 1.47. The summed E-state index contributed by atoms with van der Waals surface area (Å²) in [6, 6.07) is 17.2. The molecule has 4 rings (SSSR count). The van der Waals surface area contributed by atoms with Crippen LogP contribution < -0.4 is 5.32 Å². The van der Waals surface area contributed by atoms with Gasteiger partial charge < -0.3 is 10.1 Å². The second-order valence-corrected chi connectivity index (χ2v) is 7.81. The van der Waals surface area contributed by atoms with E-state index in [9.17, 15) is 19.7 Å². The molecule has 0 spiro atoms. The number of carbonyl (C=O) groups is 2. The summed E-state index contributed by atoms with van der Waals surface area (Å²) in [6.45, 7) is 0.992. The van der Waals surface area contributed by atoms with E-state index in [1.807, 2.05) is 47.8 Å². The Labute approximate surface area is 191 Å². The molecule has 10 nitrogen and oxygen atoms in total. The second kappa shape index (κ2) is 9.40. The summed E-state index contributed by atoms with van der Waals surface area (Å²) >= 11 is 1.45. The standard InChI is InChI=1S/C22H17N5O5S/c1-14-9-10-15(12-17(14)27(30)31)23-19(28)13-32-22(29)20-24-21(18-8-5-11-33-18)26(25-20)16-6-3-2-4-7-16/h2-12H,13H2,1H3,(H,23,28). The zero-order valence-electron chi connectivity index (χ0n) is 17.3. The largest absolute Gasteiger partial charge is 0.450 e. The first-order valence-electron chi connectivity index (χ1n) is 9.71. The third-order valence-corrected chi connectivity index (χ3v) is 5.42. The van der Waals surface area contributed by atoms with E-state index < -0.39 is 23.4 Å². The summed E-state index contributed by atoms with van der Waals surface area (Å²) in [7, 11) is 0. The molecule has 2 aromatic heterocycles. The van der Waals surface area contributed by atoms with Gasteiger partial charge in [0.2, 0.25) is 0 Å². The number of nitro groups is 1. The van der Waals surface area contributed by atoms with Crippen molar-refractivity contribution in [2.45, 2.75) is 6.92 Å². The van der Waals surface area contributed by atoms with Crippen LogP contribution in [0.4, 0.5) is 11.4 Å². The lowest BCUT2D eigenvalue weighted by Crippen LogP contribution is -2.21. The van der Waals surface area contributed by atoms with Gasteiger partial charge in [0.1, 0.15) is 0 Å². The molecule has 4 aromatic rings. The molecular weight excluding hydrogens is 446 g/mol. The van der Waals surface area contributed by atoms with Gasteiger partial charge in [-0.15, -0.1) is 16.4 Å². The maximum Gasteiger partial charge on any atom is 0.378 e. The molecule has 0 radical (unpaired) electrons. The predicted octanol–water partition coefficient (Wildman–Crippen LogP) is 4.01. The molecule has 0 unspecified atom stereocenters. The fourth-order valence-corrected chi connectivity index (χ4v) is 3.69. The van der Waals surface area contributed by atoms with Crippen LogP contribution >= 0.6 is 11.3 Å². The molecule has 0 aliphatic rings. The topological polar surface area (TPSA) is 129 Å². The molecule has 11 heteroatoms. The highest BCUT2D eigenvalue weighted by Crippen LogP contribution is 2.26. The summed E-state index contributed by atoms with van der Waals surface area (Å²) in [6.07, 6.45) is 0. The van der Waals surface area contributed by atoms with Crippen LogP contribution in [-0.2, 0) is 9.53 Å². The minimum Gasteiger partial charge on any atom is -0.450 e. The van der Waals surface area contributed by atoms with Gasteiger partial charge >= 0.3 is 5.97 Å². The SMILES string of the molecule is Cc1ccc(NC(=O)COC(=O)c2nc(-c3cccs3)n(-c3ccccc3)n2)cc1[N+](=O)[O-]. The molecule has 0 fully saturated rings. The Morgan fingerprint density at radius 3 is 2.64 bits per heavy atom. The maximum atomic E-state index is 12.5. The first-order valence-corrected chi connectivity index (χ1v) is 10.6. The van der Waals surface area contributed by atoms with Crippen molar-refractivity contribution >= 4 is 34.6 Å². The van der Waals surface area contributed by atoms with Crippen LogP contribution in [-0.4, -0.2) is 38.2 Å². The van der Waals surface area contributed by atoms with Gasteiger partial charge in [0.25, 0.3) is 17.4 Å². The smallest absolute Gasteiger partial charge is 0.378 e. The number of nitrogens with one attached hydrogen (secondary N) is 1. The highest BCUT2D eigenvalue weighted by molar-refractivity contribution is 7.13. The molecule has 0 saturated heterocycles. The van der Waals surface area contributed by atoms with Gasteiger partial charge in [-0.2, -0.15) is 4.98 Å². The highest BCUT2D eigenvalue weighted by atomic mass is 32.1. The van der Waals surface area contributed by atoms with Crippen molar-refractivity contribution in [1.29, 1.82) is 0 Å². The van der Waals surface area contributed by atoms with E-state index in [0.29, 0.717) is 17.1 Å². The first kappa shape index (κ1) is 21.8. The minimum atomic E-state index is -0.868. The minimum absolute atomic E-state index is 0.124. The molecule has 1 amide bonds. The van der Waals surface area contributed by atoms with Crippen molar-refractivity contribution in [3.8, 4) is 16.4 Å². The third-order valence-electron chi connectivity index (χ3n) is 4.56. The lowest BCUT2D eigenvalue weighted by atomic mass is 10.2. The molecule has 0 aliphatic carbocycles. The van der Waals surface area contributed by atoms with Gasteiger partial charge in [0, 0.05) is 17.3 Å². The normalized spacial score (nSPS) is 10.6. The fraction of sp³-hybridized carbons (Fsp3) is 0.0909. The Kier molecular flexibility index (Phi) is 6.22. The summed E-state index contributed by atoms with van der Waals surface area (Å²) in [5.74, 6) is -1.24. The van der Waals surface area contributed by atoms with E-state index in [1.54, 1.807) is 6.92 Å². The number of anilines is 1. The fourth-order valence-electron chi connectivity index (χ4n) is 2.99. The van der Waals surface area contributed by atoms with Gasteiger partial charge in [-0.1, -0.05) is 30.3 Å². The van der Waals surface area contributed by atoms with E-state index in [-0.39, 0.29) is 17.2 Å². The number of ether oxygens (including phenoxy) is 1. The molecule has 1 N–H and O–H groups in total. The molecule has 0 saturated carbocycles.